The zero-order valence-corrected chi connectivity index (χ0v) is 14.7. The molecule has 1 heterocycles. The van der Waals surface area contributed by atoms with Crippen molar-refractivity contribution in [2.45, 2.75) is 19.3 Å². The van der Waals surface area contributed by atoms with Crippen LogP contribution < -0.4 is 5.32 Å². The van der Waals surface area contributed by atoms with E-state index in [1.54, 1.807) is 30.3 Å². The normalized spacial score (nSPS) is 16.1. The average molecular weight is 394 g/mol. The Morgan fingerprint density at radius 2 is 1.88 bits per heavy atom. The predicted octanol–water partition coefficient (Wildman–Crippen LogP) is 4.12. The first-order valence-electron chi connectivity index (χ1n) is 7.63. The van der Waals surface area contributed by atoms with Crippen molar-refractivity contribution in [3.8, 4) is 0 Å². The number of benzene rings is 2. The SMILES string of the molecule is CC(NC(=O)c1ccc(Br)c(C2OCCO2)c1)c1ccc(F)cc1. The van der Waals surface area contributed by atoms with Crippen molar-refractivity contribution in [1.82, 2.24) is 5.32 Å². The second-order valence-electron chi connectivity index (χ2n) is 5.56. The molecule has 3 rings (SSSR count). The second kappa shape index (κ2) is 7.42. The molecule has 1 N–H and O–H groups in total. The molecule has 1 aliphatic rings. The molecule has 0 saturated carbocycles. The van der Waals surface area contributed by atoms with E-state index in [1.165, 1.54) is 12.1 Å². The number of amides is 1. The van der Waals surface area contributed by atoms with Gasteiger partial charge >= 0.3 is 0 Å². The number of carbonyl (C=O) groups is 1. The quantitative estimate of drug-likeness (QED) is 0.849. The maximum Gasteiger partial charge on any atom is 0.251 e. The molecule has 6 heteroatoms. The summed E-state index contributed by atoms with van der Waals surface area (Å²) in [4.78, 5) is 12.5. The van der Waals surface area contributed by atoms with E-state index in [2.05, 4.69) is 21.2 Å². The Kier molecular flexibility index (Phi) is 5.28. The Labute approximate surface area is 148 Å². The summed E-state index contributed by atoms with van der Waals surface area (Å²) in [6, 6.07) is 11.1. The van der Waals surface area contributed by atoms with Gasteiger partial charge in [0.1, 0.15) is 5.82 Å². The van der Waals surface area contributed by atoms with Gasteiger partial charge in [-0.05, 0) is 42.8 Å². The molecular formula is C18H17BrFNO3. The maximum absolute atomic E-state index is 13.0. The number of ether oxygens (including phenoxy) is 2. The fourth-order valence-corrected chi connectivity index (χ4v) is 2.95. The zero-order valence-electron chi connectivity index (χ0n) is 13.1. The lowest BCUT2D eigenvalue weighted by atomic mass is 10.1. The van der Waals surface area contributed by atoms with Gasteiger partial charge in [0.15, 0.2) is 6.29 Å². The van der Waals surface area contributed by atoms with Crippen LogP contribution in [0.5, 0.6) is 0 Å². The topological polar surface area (TPSA) is 47.6 Å². The number of rotatable bonds is 4. The lowest BCUT2D eigenvalue weighted by Crippen LogP contribution is -2.26. The maximum atomic E-state index is 13.0. The van der Waals surface area contributed by atoms with E-state index >= 15 is 0 Å². The van der Waals surface area contributed by atoms with Crippen LogP contribution in [0.25, 0.3) is 0 Å². The van der Waals surface area contributed by atoms with Crippen LogP contribution in [0.1, 0.15) is 40.7 Å². The van der Waals surface area contributed by atoms with Crippen LogP contribution in [0.2, 0.25) is 0 Å². The summed E-state index contributed by atoms with van der Waals surface area (Å²) in [5, 5.41) is 2.91. The van der Waals surface area contributed by atoms with Crippen LogP contribution in [0.4, 0.5) is 4.39 Å². The van der Waals surface area contributed by atoms with Gasteiger partial charge in [0.25, 0.3) is 5.91 Å². The highest BCUT2D eigenvalue weighted by atomic mass is 79.9. The van der Waals surface area contributed by atoms with Gasteiger partial charge < -0.3 is 14.8 Å². The Morgan fingerprint density at radius 3 is 2.54 bits per heavy atom. The van der Waals surface area contributed by atoms with Gasteiger partial charge in [-0.25, -0.2) is 4.39 Å². The van der Waals surface area contributed by atoms with Crippen molar-refractivity contribution in [3.63, 3.8) is 0 Å². The smallest absolute Gasteiger partial charge is 0.251 e. The molecular weight excluding hydrogens is 377 g/mol. The van der Waals surface area contributed by atoms with Crippen molar-refractivity contribution >= 4 is 21.8 Å². The minimum atomic E-state index is -0.457. The summed E-state index contributed by atoms with van der Waals surface area (Å²) in [7, 11) is 0. The first kappa shape index (κ1) is 17.1. The Bertz CT molecular complexity index is 730. The van der Waals surface area contributed by atoms with Gasteiger partial charge in [0.2, 0.25) is 0 Å². The lowest BCUT2D eigenvalue weighted by Gasteiger charge is -2.16. The highest BCUT2D eigenvalue weighted by molar-refractivity contribution is 9.10. The van der Waals surface area contributed by atoms with Gasteiger partial charge in [-0.15, -0.1) is 0 Å². The van der Waals surface area contributed by atoms with E-state index in [1.807, 2.05) is 6.92 Å². The number of nitrogens with one attached hydrogen (secondary N) is 1. The van der Waals surface area contributed by atoms with Crippen molar-refractivity contribution in [2.24, 2.45) is 0 Å². The first-order chi connectivity index (χ1) is 11.5. The summed E-state index contributed by atoms with van der Waals surface area (Å²) in [6.45, 7) is 2.93. The Balaban J connectivity index is 1.74. The molecule has 0 aromatic heterocycles. The summed E-state index contributed by atoms with van der Waals surface area (Å²) in [5.41, 5.74) is 2.14. The minimum absolute atomic E-state index is 0.210. The van der Waals surface area contributed by atoms with Gasteiger partial charge in [-0.2, -0.15) is 0 Å². The van der Waals surface area contributed by atoms with E-state index in [0.29, 0.717) is 18.8 Å². The van der Waals surface area contributed by atoms with E-state index in [9.17, 15) is 9.18 Å². The molecule has 0 bridgehead atoms. The van der Waals surface area contributed by atoms with Crippen molar-refractivity contribution < 1.29 is 18.7 Å². The second-order valence-corrected chi connectivity index (χ2v) is 6.41. The molecule has 126 valence electrons. The summed E-state index contributed by atoms with van der Waals surface area (Å²) in [5.74, 6) is -0.509. The largest absolute Gasteiger partial charge is 0.346 e. The Hall–Kier alpha value is -1.76. The third-order valence-corrected chi connectivity index (χ3v) is 4.57. The summed E-state index contributed by atoms with van der Waals surface area (Å²) in [6.07, 6.45) is -0.457. The predicted molar refractivity (Wildman–Crippen MR) is 91.1 cm³/mol. The fraction of sp³-hybridized carbons (Fsp3) is 0.278. The van der Waals surface area contributed by atoms with E-state index in [0.717, 1.165) is 15.6 Å². The van der Waals surface area contributed by atoms with Crippen molar-refractivity contribution in [2.75, 3.05) is 13.2 Å². The third-order valence-electron chi connectivity index (χ3n) is 3.85. The molecule has 1 unspecified atom stereocenters. The number of hydrogen-bond donors (Lipinski definition) is 1. The lowest BCUT2D eigenvalue weighted by molar-refractivity contribution is -0.0446. The monoisotopic (exact) mass is 393 g/mol. The van der Waals surface area contributed by atoms with Crippen LogP contribution >= 0.6 is 15.9 Å². The molecule has 2 aromatic carbocycles. The minimum Gasteiger partial charge on any atom is -0.346 e. The van der Waals surface area contributed by atoms with Crippen LogP contribution in [-0.4, -0.2) is 19.1 Å². The van der Waals surface area contributed by atoms with Gasteiger partial charge in [-0.3, -0.25) is 4.79 Å². The van der Waals surface area contributed by atoms with Crippen molar-refractivity contribution in [3.05, 3.63) is 69.4 Å². The molecule has 1 saturated heterocycles. The zero-order chi connectivity index (χ0) is 17.1. The summed E-state index contributed by atoms with van der Waals surface area (Å²) >= 11 is 3.46. The highest BCUT2D eigenvalue weighted by Crippen LogP contribution is 2.30. The average Bonchev–Trinajstić information content (AvgIpc) is 3.10. The van der Waals surface area contributed by atoms with Crippen LogP contribution in [0, 0.1) is 5.82 Å². The molecule has 1 fully saturated rings. The molecule has 2 aromatic rings. The van der Waals surface area contributed by atoms with E-state index in [4.69, 9.17) is 9.47 Å². The molecule has 0 radical (unpaired) electrons. The summed E-state index contributed by atoms with van der Waals surface area (Å²) < 4.78 is 24.8. The Morgan fingerprint density at radius 1 is 1.21 bits per heavy atom. The first-order valence-corrected chi connectivity index (χ1v) is 8.43. The molecule has 1 amide bonds. The van der Waals surface area contributed by atoms with E-state index in [-0.39, 0.29) is 17.8 Å². The number of hydrogen-bond acceptors (Lipinski definition) is 3. The standard InChI is InChI=1S/C18H17BrFNO3/c1-11(12-2-5-14(20)6-3-12)21-17(22)13-4-7-16(19)15(10-13)18-23-8-9-24-18/h2-7,10-11,18H,8-9H2,1H3,(H,21,22). The van der Waals surface area contributed by atoms with Crippen LogP contribution in [-0.2, 0) is 9.47 Å². The highest BCUT2D eigenvalue weighted by Gasteiger charge is 2.22. The van der Waals surface area contributed by atoms with Gasteiger partial charge in [0.05, 0.1) is 19.3 Å². The van der Waals surface area contributed by atoms with Crippen LogP contribution in [0.15, 0.2) is 46.9 Å². The number of halogens is 2. The van der Waals surface area contributed by atoms with Gasteiger partial charge in [0, 0.05) is 15.6 Å². The number of carbonyl (C=O) groups excluding carboxylic acids is 1. The third kappa shape index (κ3) is 3.83. The molecule has 0 aliphatic carbocycles. The molecule has 4 nitrogen and oxygen atoms in total. The van der Waals surface area contributed by atoms with Crippen LogP contribution in [0.3, 0.4) is 0 Å². The van der Waals surface area contributed by atoms with Gasteiger partial charge in [-0.1, -0.05) is 28.1 Å². The molecule has 24 heavy (non-hydrogen) atoms. The molecule has 1 aliphatic heterocycles. The fourth-order valence-electron chi connectivity index (χ4n) is 2.52. The van der Waals surface area contributed by atoms with Crippen molar-refractivity contribution in [1.29, 1.82) is 0 Å². The molecule has 1 atom stereocenters. The molecule has 0 spiro atoms. The van der Waals surface area contributed by atoms with E-state index < -0.39 is 6.29 Å².